The topological polar surface area (TPSA) is 16.4 Å². The minimum absolute atomic E-state index is 0.313. The van der Waals surface area contributed by atoms with Crippen LogP contribution in [0.25, 0.3) is 11.0 Å². The molecule has 1 aliphatic heterocycles. The van der Waals surface area contributed by atoms with Crippen LogP contribution in [0.3, 0.4) is 0 Å². The smallest absolute Gasteiger partial charge is 0.416 e. The highest BCUT2D eigenvalue weighted by molar-refractivity contribution is 5.79. The second-order valence-corrected chi connectivity index (χ2v) is 5.48. The van der Waals surface area contributed by atoms with Gasteiger partial charge >= 0.3 is 6.18 Å². The summed E-state index contributed by atoms with van der Waals surface area (Å²) in [6, 6.07) is 5.42. The molecule has 0 bridgehead atoms. The maximum atomic E-state index is 12.7. The van der Waals surface area contributed by atoms with E-state index in [9.17, 15) is 13.2 Å². The number of likely N-dealkylation sites (tertiary alicyclic amines) is 1. The van der Waals surface area contributed by atoms with E-state index in [1.165, 1.54) is 6.07 Å². The number of furan rings is 1. The predicted molar refractivity (Wildman–Crippen MR) is 70.7 cm³/mol. The van der Waals surface area contributed by atoms with Gasteiger partial charge in [-0.3, -0.25) is 0 Å². The molecule has 2 aromatic rings. The molecule has 1 aliphatic rings. The molecule has 0 spiro atoms. The van der Waals surface area contributed by atoms with Crippen LogP contribution in [-0.2, 0) is 6.18 Å². The molecule has 2 heterocycles. The van der Waals surface area contributed by atoms with Crippen molar-refractivity contribution < 1.29 is 17.6 Å². The largest absolute Gasteiger partial charge is 0.461 e. The van der Waals surface area contributed by atoms with Gasteiger partial charge in [0.1, 0.15) is 11.3 Å². The number of nitrogens with zero attached hydrogens (tertiary/aromatic N) is 1. The summed E-state index contributed by atoms with van der Waals surface area (Å²) >= 11 is 0. The molecule has 0 radical (unpaired) electrons. The third-order valence-electron chi connectivity index (χ3n) is 3.98. The van der Waals surface area contributed by atoms with Crippen LogP contribution < -0.4 is 0 Å². The van der Waals surface area contributed by atoms with Crippen LogP contribution in [0.5, 0.6) is 0 Å². The van der Waals surface area contributed by atoms with Gasteiger partial charge in [-0.2, -0.15) is 13.2 Å². The monoisotopic (exact) mass is 283 g/mol. The lowest BCUT2D eigenvalue weighted by Crippen LogP contribution is -2.29. The molecule has 3 rings (SSSR count). The number of benzene rings is 1. The Balaban J connectivity index is 1.91. The Labute approximate surface area is 115 Å². The predicted octanol–water partition coefficient (Wildman–Crippen LogP) is 4.26. The standard InChI is InChI=1S/C15H16F3NO/c1-19-6-4-10(5-7-19)14-9-11-8-12(15(16,17)18)2-3-13(11)20-14/h2-3,8-10H,4-7H2,1H3. The second-order valence-electron chi connectivity index (χ2n) is 5.48. The Morgan fingerprint density at radius 3 is 2.50 bits per heavy atom. The maximum Gasteiger partial charge on any atom is 0.416 e. The third-order valence-corrected chi connectivity index (χ3v) is 3.98. The van der Waals surface area contributed by atoms with Gasteiger partial charge in [0.25, 0.3) is 0 Å². The van der Waals surface area contributed by atoms with Crippen molar-refractivity contribution in [3.8, 4) is 0 Å². The highest BCUT2D eigenvalue weighted by Gasteiger charge is 2.31. The molecule has 1 aromatic carbocycles. The van der Waals surface area contributed by atoms with Gasteiger partial charge in [-0.25, -0.2) is 0 Å². The minimum Gasteiger partial charge on any atom is -0.461 e. The van der Waals surface area contributed by atoms with E-state index in [-0.39, 0.29) is 0 Å². The molecule has 108 valence electrons. The van der Waals surface area contributed by atoms with E-state index >= 15 is 0 Å². The van der Waals surface area contributed by atoms with Gasteiger partial charge in [0.2, 0.25) is 0 Å². The van der Waals surface area contributed by atoms with Crippen molar-refractivity contribution in [2.45, 2.75) is 24.9 Å². The molecule has 0 unspecified atom stereocenters. The summed E-state index contributed by atoms with van der Waals surface area (Å²) in [5.74, 6) is 1.13. The number of hydrogen-bond donors (Lipinski definition) is 0. The van der Waals surface area contributed by atoms with Gasteiger partial charge in [-0.15, -0.1) is 0 Å². The van der Waals surface area contributed by atoms with Crippen molar-refractivity contribution in [2.75, 3.05) is 20.1 Å². The molecule has 0 N–H and O–H groups in total. The zero-order valence-corrected chi connectivity index (χ0v) is 11.2. The van der Waals surface area contributed by atoms with Crippen molar-refractivity contribution in [3.05, 3.63) is 35.6 Å². The second kappa shape index (κ2) is 4.81. The zero-order chi connectivity index (χ0) is 14.3. The van der Waals surface area contributed by atoms with E-state index in [2.05, 4.69) is 11.9 Å². The molecule has 1 fully saturated rings. The summed E-state index contributed by atoms with van der Waals surface area (Å²) in [5.41, 5.74) is -0.0901. The molecular formula is C15H16F3NO. The Hall–Kier alpha value is -1.49. The molecule has 5 heteroatoms. The molecule has 0 aliphatic carbocycles. The molecule has 2 nitrogen and oxygen atoms in total. The first-order chi connectivity index (χ1) is 9.43. The average Bonchev–Trinajstić information content (AvgIpc) is 2.81. The fourth-order valence-electron chi connectivity index (χ4n) is 2.73. The molecule has 1 aromatic heterocycles. The highest BCUT2D eigenvalue weighted by Crippen LogP contribution is 2.35. The number of alkyl halides is 3. The van der Waals surface area contributed by atoms with Crippen LogP contribution >= 0.6 is 0 Å². The molecule has 1 saturated heterocycles. The highest BCUT2D eigenvalue weighted by atomic mass is 19.4. The number of hydrogen-bond acceptors (Lipinski definition) is 2. The van der Waals surface area contributed by atoms with Gasteiger partial charge < -0.3 is 9.32 Å². The summed E-state index contributed by atoms with van der Waals surface area (Å²) < 4.78 is 43.8. The van der Waals surface area contributed by atoms with Crippen LogP contribution in [0.15, 0.2) is 28.7 Å². The van der Waals surface area contributed by atoms with Gasteiger partial charge in [-0.1, -0.05) is 0 Å². The Morgan fingerprint density at radius 1 is 1.15 bits per heavy atom. The van der Waals surface area contributed by atoms with Crippen LogP contribution in [0.1, 0.15) is 30.1 Å². The summed E-state index contributed by atoms with van der Waals surface area (Å²) in [7, 11) is 2.07. The Bertz CT molecular complexity index is 609. The van der Waals surface area contributed by atoms with Crippen molar-refractivity contribution in [2.24, 2.45) is 0 Å². The van der Waals surface area contributed by atoms with Crippen molar-refractivity contribution >= 4 is 11.0 Å². The number of piperidine rings is 1. The van der Waals surface area contributed by atoms with E-state index in [1.807, 2.05) is 0 Å². The number of rotatable bonds is 1. The third kappa shape index (κ3) is 2.54. The van der Waals surface area contributed by atoms with Gasteiger partial charge in [0.05, 0.1) is 5.56 Å². The summed E-state index contributed by atoms with van der Waals surface area (Å²) in [6.45, 7) is 1.99. The molecular weight excluding hydrogens is 267 g/mol. The Kier molecular flexibility index (Phi) is 3.24. The van der Waals surface area contributed by atoms with Crippen LogP contribution in [0, 0.1) is 0 Å². The van der Waals surface area contributed by atoms with Crippen molar-refractivity contribution in [1.82, 2.24) is 4.90 Å². The SMILES string of the molecule is CN1CCC(c2cc3cc(C(F)(F)F)ccc3o2)CC1. The lowest BCUT2D eigenvalue weighted by atomic mass is 9.94. The van der Waals surface area contributed by atoms with E-state index in [0.717, 1.165) is 43.8 Å². The Morgan fingerprint density at radius 2 is 1.85 bits per heavy atom. The normalized spacial score (nSPS) is 18.8. The lowest BCUT2D eigenvalue weighted by Gasteiger charge is -2.27. The first-order valence-corrected chi connectivity index (χ1v) is 6.73. The summed E-state index contributed by atoms with van der Waals surface area (Å²) in [5, 5.41) is 0.536. The van der Waals surface area contributed by atoms with E-state index in [4.69, 9.17) is 4.42 Å². The fraction of sp³-hybridized carbons (Fsp3) is 0.467. The molecule has 20 heavy (non-hydrogen) atoms. The maximum absolute atomic E-state index is 12.7. The molecule has 0 amide bonds. The van der Waals surface area contributed by atoms with E-state index in [1.54, 1.807) is 6.07 Å². The zero-order valence-electron chi connectivity index (χ0n) is 11.2. The first kappa shape index (κ1) is 13.5. The fourth-order valence-corrected chi connectivity index (χ4v) is 2.73. The van der Waals surface area contributed by atoms with E-state index in [0.29, 0.717) is 16.9 Å². The van der Waals surface area contributed by atoms with Crippen molar-refractivity contribution in [3.63, 3.8) is 0 Å². The van der Waals surface area contributed by atoms with Crippen LogP contribution in [-0.4, -0.2) is 25.0 Å². The summed E-state index contributed by atoms with van der Waals surface area (Å²) in [4.78, 5) is 2.25. The average molecular weight is 283 g/mol. The lowest BCUT2D eigenvalue weighted by molar-refractivity contribution is -0.137. The van der Waals surface area contributed by atoms with Crippen LogP contribution in [0.4, 0.5) is 13.2 Å². The quantitative estimate of drug-likeness (QED) is 0.777. The van der Waals surface area contributed by atoms with Gasteiger partial charge in [0, 0.05) is 11.3 Å². The molecule has 0 saturated carbocycles. The van der Waals surface area contributed by atoms with E-state index < -0.39 is 11.7 Å². The number of halogens is 3. The minimum atomic E-state index is -4.31. The van der Waals surface area contributed by atoms with Crippen molar-refractivity contribution in [1.29, 1.82) is 0 Å². The van der Waals surface area contributed by atoms with Gasteiger partial charge in [0.15, 0.2) is 0 Å². The molecule has 0 atom stereocenters. The van der Waals surface area contributed by atoms with Crippen LogP contribution in [0.2, 0.25) is 0 Å². The van der Waals surface area contributed by atoms with Gasteiger partial charge in [-0.05, 0) is 57.2 Å². The summed E-state index contributed by atoms with van der Waals surface area (Å²) in [6.07, 6.45) is -2.33. The number of fused-ring (bicyclic) bond motifs is 1. The first-order valence-electron chi connectivity index (χ1n) is 6.73.